The van der Waals surface area contributed by atoms with E-state index in [1.165, 1.54) is 39.3 Å². The zero-order valence-electron chi connectivity index (χ0n) is 20.8. The Morgan fingerprint density at radius 2 is 1.89 bits per heavy atom. The van der Waals surface area contributed by atoms with Crippen molar-refractivity contribution in [3.63, 3.8) is 0 Å². The standard InChI is InChI=1S/C25H28Cl2N2O8/c1-6-7-19(37-20-9-8-17(26)12-18(20)27)15(3)36-25(32)14(2)29-24(31)22-23(35-13-34-16(4)30)21(33-5)10-11-28-22/h6,8-12,14-15,19H,1,7,13H2,2-5H3,(H,29,31)/t14-,15-,19+/m0/s1. The number of aromatic nitrogens is 1. The molecule has 1 aromatic carbocycles. The molecule has 1 amide bonds. The summed E-state index contributed by atoms with van der Waals surface area (Å²) in [5.41, 5.74) is -0.176. The molecular formula is C25H28Cl2N2O8. The number of hydrogen-bond acceptors (Lipinski definition) is 9. The predicted molar refractivity (Wildman–Crippen MR) is 136 cm³/mol. The van der Waals surface area contributed by atoms with Gasteiger partial charge in [-0.3, -0.25) is 9.59 Å². The summed E-state index contributed by atoms with van der Waals surface area (Å²) in [5, 5.41) is 3.27. The number of pyridine rings is 1. The van der Waals surface area contributed by atoms with E-state index in [2.05, 4.69) is 16.9 Å². The molecule has 0 radical (unpaired) electrons. The molecule has 0 saturated carbocycles. The van der Waals surface area contributed by atoms with E-state index in [1.54, 1.807) is 25.1 Å². The Kier molecular flexibility index (Phi) is 11.5. The Bertz CT molecular complexity index is 1130. The van der Waals surface area contributed by atoms with E-state index in [0.29, 0.717) is 22.2 Å². The number of hydrogen-bond donors (Lipinski definition) is 1. The van der Waals surface area contributed by atoms with Gasteiger partial charge in [0.1, 0.15) is 24.0 Å². The Hall–Kier alpha value is -3.50. The maximum absolute atomic E-state index is 12.9. The maximum Gasteiger partial charge on any atom is 0.328 e. The first kappa shape index (κ1) is 29.7. The summed E-state index contributed by atoms with van der Waals surface area (Å²) in [5.74, 6) is -1.53. The first-order chi connectivity index (χ1) is 17.6. The monoisotopic (exact) mass is 554 g/mol. The van der Waals surface area contributed by atoms with E-state index >= 15 is 0 Å². The quantitative estimate of drug-likeness (QED) is 0.218. The topological polar surface area (TPSA) is 122 Å². The van der Waals surface area contributed by atoms with Gasteiger partial charge in [0.2, 0.25) is 6.79 Å². The van der Waals surface area contributed by atoms with Crippen molar-refractivity contribution in [1.82, 2.24) is 10.3 Å². The molecule has 10 nitrogen and oxygen atoms in total. The summed E-state index contributed by atoms with van der Waals surface area (Å²) in [6.45, 7) is 7.56. The number of benzene rings is 1. The van der Waals surface area contributed by atoms with Gasteiger partial charge in [-0.1, -0.05) is 29.3 Å². The predicted octanol–water partition coefficient (Wildman–Crippen LogP) is 4.37. The first-order valence-corrected chi connectivity index (χ1v) is 11.9. The van der Waals surface area contributed by atoms with Crippen molar-refractivity contribution >= 4 is 41.0 Å². The van der Waals surface area contributed by atoms with Crippen molar-refractivity contribution in [2.45, 2.75) is 45.4 Å². The number of amides is 1. The van der Waals surface area contributed by atoms with Gasteiger partial charge in [0, 0.05) is 30.6 Å². The minimum atomic E-state index is -1.06. The molecule has 1 aromatic heterocycles. The van der Waals surface area contributed by atoms with Crippen LogP contribution in [-0.2, 0) is 19.1 Å². The minimum Gasteiger partial charge on any atom is -0.493 e. The van der Waals surface area contributed by atoms with Crippen molar-refractivity contribution < 1.29 is 38.1 Å². The number of nitrogens with zero attached hydrogens (tertiary/aromatic N) is 1. The third-order valence-electron chi connectivity index (χ3n) is 4.87. The number of ether oxygens (including phenoxy) is 5. The van der Waals surface area contributed by atoms with Crippen LogP contribution in [0, 0.1) is 0 Å². The average Bonchev–Trinajstić information content (AvgIpc) is 2.84. The van der Waals surface area contributed by atoms with Gasteiger partial charge in [0.15, 0.2) is 17.2 Å². The minimum absolute atomic E-state index is 0.0584. The third kappa shape index (κ3) is 8.83. The molecule has 2 rings (SSSR count). The van der Waals surface area contributed by atoms with Crippen LogP contribution in [0.4, 0.5) is 0 Å². The molecule has 3 atom stereocenters. The van der Waals surface area contributed by atoms with Gasteiger partial charge >= 0.3 is 11.9 Å². The lowest BCUT2D eigenvalue weighted by Gasteiger charge is -2.26. The number of esters is 2. The van der Waals surface area contributed by atoms with E-state index in [1.807, 2.05) is 0 Å². The number of carbonyl (C=O) groups is 3. The molecule has 0 aliphatic rings. The molecule has 200 valence electrons. The highest BCUT2D eigenvalue weighted by Crippen LogP contribution is 2.31. The summed E-state index contributed by atoms with van der Waals surface area (Å²) in [4.78, 5) is 40.7. The molecule has 0 aliphatic carbocycles. The van der Waals surface area contributed by atoms with Gasteiger partial charge in [-0.25, -0.2) is 9.78 Å². The molecule has 0 spiro atoms. The third-order valence-corrected chi connectivity index (χ3v) is 5.40. The summed E-state index contributed by atoms with van der Waals surface area (Å²) >= 11 is 12.1. The number of nitrogens with one attached hydrogen (secondary N) is 1. The fourth-order valence-corrected chi connectivity index (χ4v) is 3.44. The van der Waals surface area contributed by atoms with Crippen LogP contribution in [0.1, 0.15) is 37.7 Å². The Labute approximate surface area is 224 Å². The van der Waals surface area contributed by atoms with Gasteiger partial charge in [0.05, 0.1) is 12.1 Å². The van der Waals surface area contributed by atoms with Gasteiger partial charge in [-0.2, -0.15) is 0 Å². The number of methoxy groups -OCH3 is 1. The van der Waals surface area contributed by atoms with Gasteiger partial charge in [-0.05, 0) is 32.0 Å². The fraction of sp³-hybridized carbons (Fsp3) is 0.360. The van der Waals surface area contributed by atoms with Crippen molar-refractivity contribution in [2.24, 2.45) is 0 Å². The van der Waals surface area contributed by atoms with Crippen molar-refractivity contribution in [2.75, 3.05) is 13.9 Å². The second kappa shape index (κ2) is 14.3. The molecule has 0 bridgehead atoms. The number of carbonyl (C=O) groups excluding carboxylic acids is 3. The number of halogens is 2. The van der Waals surface area contributed by atoms with Crippen LogP contribution in [0.5, 0.6) is 17.2 Å². The van der Waals surface area contributed by atoms with Crippen LogP contribution in [0.3, 0.4) is 0 Å². The Balaban J connectivity index is 2.08. The zero-order chi connectivity index (χ0) is 27.5. The smallest absolute Gasteiger partial charge is 0.328 e. The average molecular weight is 555 g/mol. The molecule has 0 saturated heterocycles. The molecule has 0 fully saturated rings. The lowest BCUT2D eigenvalue weighted by Crippen LogP contribution is -2.43. The summed E-state index contributed by atoms with van der Waals surface area (Å²) in [6.07, 6.45) is 1.97. The molecule has 0 unspecified atom stereocenters. The van der Waals surface area contributed by atoms with E-state index in [4.69, 9.17) is 46.9 Å². The van der Waals surface area contributed by atoms with Crippen LogP contribution >= 0.6 is 23.2 Å². The van der Waals surface area contributed by atoms with Crippen LogP contribution in [0.25, 0.3) is 0 Å². The second-order valence-electron chi connectivity index (χ2n) is 7.68. The van der Waals surface area contributed by atoms with Crippen LogP contribution < -0.4 is 19.5 Å². The van der Waals surface area contributed by atoms with Crippen LogP contribution in [-0.4, -0.2) is 55.0 Å². The molecule has 2 aromatic rings. The number of rotatable bonds is 13. The summed E-state index contributed by atoms with van der Waals surface area (Å²) in [6, 6.07) is 5.17. The van der Waals surface area contributed by atoms with E-state index in [9.17, 15) is 14.4 Å². The summed E-state index contributed by atoms with van der Waals surface area (Å²) < 4.78 is 26.8. The second-order valence-corrected chi connectivity index (χ2v) is 8.53. The molecular weight excluding hydrogens is 527 g/mol. The van der Waals surface area contributed by atoms with Crippen molar-refractivity contribution in [3.05, 3.63) is 58.9 Å². The summed E-state index contributed by atoms with van der Waals surface area (Å²) in [7, 11) is 1.37. The van der Waals surface area contributed by atoms with E-state index < -0.39 is 42.9 Å². The molecule has 1 heterocycles. The Morgan fingerprint density at radius 1 is 1.16 bits per heavy atom. The highest BCUT2D eigenvalue weighted by molar-refractivity contribution is 6.35. The largest absolute Gasteiger partial charge is 0.493 e. The highest BCUT2D eigenvalue weighted by Gasteiger charge is 2.28. The fourth-order valence-electron chi connectivity index (χ4n) is 2.98. The van der Waals surface area contributed by atoms with E-state index in [0.717, 1.165) is 0 Å². The Morgan fingerprint density at radius 3 is 2.51 bits per heavy atom. The lowest BCUT2D eigenvalue weighted by atomic mass is 10.1. The van der Waals surface area contributed by atoms with Crippen molar-refractivity contribution in [3.8, 4) is 17.2 Å². The zero-order valence-corrected chi connectivity index (χ0v) is 22.3. The van der Waals surface area contributed by atoms with Crippen LogP contribution in [0.15, 0.2) is 43.1 Å². The van der Waals surface area contributed by atoms with Crippen molar-refractivity contribution in [1.29, 1.82) is 0 Å². The molecule has 12 heteroatoms. The normalized spacial score (nSPS) is 12.9. The first-order valence-electron chi connectivity index (χ1n) is 11.1. The molecule has 1 N–H and O–H groups in total. The molecule has 37 heavy (non-hydrogen) atoms. The van der Waals surface area contributed by atoms with E-state index in [-0.39, 0.29) is 17.2 Å². The highest BCUT2D eigenvalue weighted by atomic mass is 35.5. The SMILES string of the molecule is C=CC[C@@H](Oc1ccc(Cl)cc1Cl)[C@H](C)OC(=O)[C@H](C)NC(=O)c1nccc(OC)c1OCOC(C)=O. The van der Waals surface area contributed by atoms with Gasteiger partial charge in [-0.15, -0.1) is 6.58 Å². The van der Waals surface area contributed by atoms with Gasteiger partial charge < -0.3 is 29.0 Å². The lowest BCUT2D eigenvalue weighted by molar-refractivity contribution is -0.154. The maximum atomic E-state index is 12.9. The molecule has 0 aliphatic heterocycles. The van der Waals surface area contributed by atoms with Crippen LogP contribution in [0.2, 0.25) is 10.0 Å². The van der Waals surface area contributed by atoms with Gasteiger partial charge in [0.25, 0.3) is 5.91 Å².